The van der Waals surface area contributed by atoms with Crippen molar-refractivity contribution in [2.75, 3.05) is 31.0 Å². The summed E-state index contributed by atoms with van der Waals surface area (Å²) in [5.74, 6) is 5.32. The molecule has 1 aromatic carbocycles. The molecule has 0 aliphatic carbocycles. The Labute approximate surface area is 118 Å². The van der Waals surface area contributed by atoms with Gasteiger partial charge in [0, 0.05) is 38.1 Å². The number of ether oxygens (including phenoxy) is 1. The summed E-state index contributed by atoms with van der Waals surface area (Å²) >= 11 is 0. The highest BCUT2D eigenvalue weighted by molar-refractivity contribution is 5.63. The van der Waals surface area contributed by atoms with E-state index in [1.54, 1.807) is 13.2 Å². The monoisotopic (exact) mass is 282 g/mol. The summed E-state index contributed by atoms with van der Waals surface area (Å²) in [7, 11) is 1.67. The molecule has 0 unspecified atom stereocenters. The first-order valence-corrected chi connectivity index (χ1v) is 6.37. The van der Waals surface area contributed by atoms with E-state index in [9.17, 15) is 10.1 Å². The number of rotatable bonds is 8. The zero-order valence-corrected chi connectivity index (χ0v) is 12.1. The van der Waals surface area contributed by atoms with Gasteiger partial charge in [-0.3, -0.25) is 16.0 Å². The van der Waals surface area contributed by atoms with Gasteiger partial charge in [-0.05, 0) is 17.9 Å². The number of benzene rings is 1. The lowest BCUT2D eigenvalue weighted by atomic mass is 9.89. The van der Waals surface area contributed by atoms with Gasteiger partial charge in [0.25, 0.3) is 5.69 Å². The summed E-state index contributed by atoms with van der Waals surface area (Å²) in [6, 6.07) is 4.62. The third kappa shape index (κ3) is 5.02. The van der Waals surface area contributed by atoms with Crippen molar-refractivity contribution in [1.82, 2.24) is 0 Å². The standard InChI is InChI=1S/C13H22N4O3/c1-13(2,4-5-20-3)9-15-10-6-11(16-14)8-12(7-10)17(18)19/h6-8,15-16H,4-5,9,14H2,1-3H3. The summed E-state index contributed by atoms with van der Waals surface area (Å²) in [5, 5.41) is 14.1. The van der Waals surface area contributed by atoms with E-state index in [0.29, 0.717) is 24.5 Å². The van der Waals surface area contributed by atoms with E-state index >= 15 is 0 Å². The molecule has 0 atom stereocenters. The molecular weight excluding hydrogens is 260 g/mol. The molecule has 0 amide bonds. The van der Waals surface area contributed by atoms with Crippen molar-refractivity contribution in [2.24, 2.45) is 11.3 Å². The Hall–Kier alpha value is -1.86. The number of hydrogen-bond acceptors (Lipinski definition) is 6. The van der Waals surface area contributed by atoms with Crippen LogP contribution in [0.4, 0.5) is 17.1 Å². The number of nitro groups is 1. The largest absolute Gasteiger partial charge is 0.385 e. The number of nitro benzene ring substituents is 1. The zero-order chi connectivity index (χ0) is 15.2. The van der Waals surface area contributed by atoms with Gasteiger partial charge in [0.1, 0.15) is 0 Å². The van der Waals surface area contributed by atoms with E-state index in [0.717, 1.165) is 6.42 Å². The minimum Gasteiger partial charge on any atom is -0.385 e. The molecule has 0 saturated heterocycles. The summed E-state index contributed by atoms with van der Waals surface area (Å²) in [5.41, 5.74) is 3.61. The first-order valence-electron chi connectivity index (χ1n) is 6.37. The molecule has 20 heavy (non-hydrogen) atoms. The van der Waals surface area contributed by atoms with E-state index in [4.69, 9.17) is 10.6 Å². The van der Waals surface area contributed by atoms with Crippen molar-refractivity contribution in [3.63, 3.8) is 0 Å². The van der Waals surface area contributed by atoms with Crippen molar-refractivity contribution in [3.8, 4) is 0 Å². The maximum Gasteiger partial charge on any atom is 0.273 e. The molecule has 0 aliphatic heterocycles. The van der Waals surface area contributed by atoms with Crippen LogP contribution in [0.1, 0.15) is 20.3 Å². The molecule has 1 rings (SSSR count). The number of nitrogen functional groups attached to an aromatic ring is 1. The zero-order valence-electron chi connectivity index (χ0n) is 12.1. The van der Waals surface area contributed by atoms with Crippen LogP contribution in [-0.2, 0) is 4.74 Å². The summed E-state index contributed by atoms with van der Waals surface area (Å²) in [4.78, 5) is 10.4. The van der Waals surface area contributed by atoms with E-state index < -0.39 is 4.92 Å². The van der Waals surface area contributed by atoms with E-state index in [1.165, 1.54) is 12.1 Å². The molecule has 0 bridgehead atoms. The van der Waals surface area contributed by atoms with Crippen LogP contribution in [-0.4, -0.2) is 25.2 Å². The van der Waals surface area contributed by atoms with Crippen LogP contribution in [0.3, 0.4) is 0 Å². The second-order valence-corrected chi connectivity index (χ2v) is 5.43. The lowest BCUT2D eigenvalue weighted by molar-refractivity contribution is -0.384. The van der Waals surface area contributed by atoms with Gasteiger partial charge in [-0.1, -0.05) is 13.8 Å². The van der Waals surface area contributed by atoms with Gasteiger partial charge in [0.15, 0.2) is 0 Å². The van der Waals surface area contributed by atoms with Gasteiger partial charge < -0.3 is 15.5 Å². The van der Waals surface area contributed by atoms with Crippen molar-refractivity contribution in [3.05, 3.63) is 28.3 Å². The maximum absolute atomic E-state index is 10.9. The van der Waals surface area contributed by atoms with Crippen LogP contribution < -0.4 is 16.6 Å². The molecule has 0 spiro atoms. The number of nitrogens with one attached hydrogen (secondary N) is 2. The Morgan fingerprint density at radius 1 is 1.35 bits per heavy atom. The molecule has 1 aromatic rings. The average molecular weight is 282 g/mol. The molecule has 0 radical (unpaired) electrons. The van der Waals surface area contributed by atoms with Gasteiger partial charge in [-0.15, -0.1) is 0 Å². The lowest BCUT2D eigenvalue weighted by Crippen LogP contribution is -2.24. The average Bonchev–Trinajstić information content (AvgIpc) is 2.42. The molecule has 7 heteroatoms. The minimum atomic E-state index is -0.442. The molecule has 0 aromatic heterocycles. The minimum absolute atomic E-state index is 0.00218. The number of non-ortho nitro benzene ring substituents is 1. The quantitative estimate of drug-likeness (QED) is 0.384. The van der Waals surface area contributed by atoms with Crippen LogP contribution >= 0.6 is 0 Å². The smallest absolute Gasteiger partial charge is 0.273 e. The highest BCUT2D eigenvalue weighted by Gasteiger charge is 2.18. The fraction of sp³-hybridized carbons (Fsp3) is 0.538. The predicted octanol–water partition coefficient (Wildman–Crippen LogP) is 2.36. The second kappa shape index (κ2) is 7.06. The SMILES string of the molecule is COCCC(C)(C)CNc1cc(NN)cc([N+](=O)[O-])c1. The molecule has 112 valence electrons. The topological polar surface area (TPSA) is 102 Å². The number of hydrazine groups is 1. The van der Waals surface area contributed by atoms with E-state index in [-0.39, 0.29) is 11.1 Å². The molecular formula is C13H22N4O3. The van der Waals surface area contributed by atoms with Crippen molar-refractivity contribution in [2.45, 2.75) is 20.3 Å². The third-order valence-corrected chi connectivity index (χ3v) is 3.05. The Morgan fingerprint density at radius 3 is 2.55 bits per heavy atom. The normalized spacial score (nSPS) is 11.2. The van der Waals surface area contributed by atoms with Crippen molar-refractivity contribution in [1.29, 1.82) is 0 Å². The fourth-order valence-corrected chi connectivity index (χ4v) is 1.71. The first-order chi connectivity index (χ1) is 9.38. The van der Waals surface area contributed by atoms with E-state index in [2.05, 4.69) is 24.6 Å². The predicted molar refractivity (Wildman–Crippen MR) is 79.7 cm³/mol. The van der Waals surface area contributed by atoms with Crippen molar-refractivity contribution >= 4 is 17.1 Å². The summed E-state index contributed by atoms with van der Waals surface area (Å²) < 4.78 is 5.07. The van der Waals surface area contributed by atoms with Crippen LogP contribution in [0.2, 0.25) is 0 Å². The number of anilines is 2. The van der Waals surface area contributed by atoms with Crippen LogP contribution in [0.25, 0.3) is 0 Å². The van der Waals surface area contributed by atoms with Gasteiger partial charge in [-0.25, -0.2) is 0 Å². The fourth-order valence-electron chi connectivity index (χ4n) is 1.71. The van der Waals surface area contributed by atoms with E-state index in [1.807, 2.05) is 0 Å². The van der Waals surface area contributed by atoms with Crippen LogP contribution in [0.15, 0.2) is 18.2 Å². The van der Waals surface area contributed by atoms with Crippen LogP contribution in [0, 0.1) is 15.5 Å². The Bertz CT molecular complexity index is 463. The molecule has 0 heterocycles. The number of hydrogen-bond donors (Lipinski definition) is 3. The third-order valence-electron chi connectivity index (χ3n) is 3.05. The molecule has 7 nitrogen and oxygen atoms in total. The Morgan fingerprint density at radius 2 is 2.00 bits per heavy atom. The Kier molecular flexibility index (Phi) is 5.72. The van der Waals surface area contributed by atoms with Gasteiger partial charge in [0.05, 0.1) is 10.6 Å². The van der Waals surface area contributed by atoms with Gasteiger partial charge >= 0.3 is 0 Å². The number of methoxy groups -OCH3 is 1. The van der Waals surface area contributed by atoms with Gasteiger partial charge in [-0.2, -0.15) is 0 Å². The molecule has 4 N–H and O–H groups in total. The lowest BCUT2D eigenvalue weighted by Gasteiger charge is -2.25. The highest BCUT2D eigenvalue weighted by Crippen LogP contribution is 2.26. The van der Waals surface area contributed by atoms with Crippen LogP contribution in [0.5, 0.6) is 0 Å². The van der Waals surface area contributed by atoms with Gasteiger partial charge in [0.2, 0.25) is 0 Å². The number of nitrogens with zero attached hydrogens (tertiary/aromatic N) is 1. The summed E-state index contributed by atoms with van der Waals surface area (Å²) in [6.07, 6.45) is 0.896. The Balaban J connectivity index is 2.76. The molecule has 0 aliphatic rings. The second-order valence-electron chi connectivity index (χ2n) is 5.43. The summed E-state index contributed by atoms with van der Waals surface area (Å²) in [6.45, 7) is 5.58. The molecule has 0 fully saturated rings. The maximum atomic E-state index is 10.9. The molecule has 0 saturated carbocycles. The van der Waals surface area contributed by atoms with Crippen molar-refractivity contribution < 1.29 is 9.66 Å². The first kappa shape index (κ1) is 16.2. The number of nitrogens with two attached hydrogens (primary N) is 1. The highest BCUT2D eigenvalue weighted by atomic mass is 16.6.